The van der Waals surface area contributed by atoms with Crippen LogP contribution in [0.2, 0.25) is 0 Å². The molecule has 1 aliphatic rings. The van der Waals surface area contributed by atoms with Crippen LogP contribution in [0.5, 0.6) is 0 Å². The van der Waals surface area contributed by atoms with Crippen molar-refractivity contribution in [1.82, 2.24) is 0 Å². The predicted molar refractivity (Wildman–Crippen MR) is 47.7 cm³/mol. The molecule has 0 bridgehead atoms. The van der Waals surface area contributed by atoms with E-state index in [9.17, 15) is 0 Å². The minimum absolute atomic E-state index is 0.570. The van der Waals surface area contributed by atoms with E-state index in [1.807, 2.05) is 7.11 Å². The third kappa shape index (κ3) is 2.82. The van der Waals surface area contributed by atoms with Crippen molar-refractivity contribution in [2.75, 3.05) is 7.11 Å². The summed E-state index contributed by atoms with van der Waals surface area (Å²) in [5, 5.41) is 0. The first kappa shape index (κ1) is 9.05. The molecular weight excluding hydrogens is 136 g/mol. The molecule has 66 valence electrons. The molecule has 1 rings (SSSR count). The van der Waals surface area contributed by atoms with Crippen LogP contribution < -0.4 is 0 Å². The highest BCUT2D eigenvalue weighted by Gasteiger charge is 2.20. The number of methoxy groups -OCH3 is 1. The molecule has 0 aromatic carbocycles. The van der Waals surface area contributed by atoms with Gasteiger partial charge in [-0.2, -0.15) is 0 Å². The van der Waals surface area contributed by atoms with Crippen molar-refractivity contribution >= 4 is 0 Å². The predicted octanol–water partition coefficient (Wildman–Crippen LogP) is 2.99. The first-order chi connectivity index (χ1) is 5.36. The van der Waals surface area contributed by atoms with Gasteiger partial charge in [0.05, 0.1) is 6.10 Å². The molecule has 1 aliphatic carbocycles. The Morgan fingerprint density at radius 1 is 1.36 bits per heavy atom. The zero-order valence-electron chi connectivity index (χ0n) is 7.81. The SMILES string of the molecule is CCC[C@@H]1CCC[C@H](OC)C1. The molecule has 0 amide bonds. The lowest BCUT2D eigenvalue weighted by Gasteiger charge is -2.27. The van der Waals surface area contributed by atoms with Gasteiger partial charge >= 0.3 is 0 Å². The molecule has 2 atom stereocenters. The van der Waals surface area contributed by atoms with Crippen LogP contribution in [0.1, 0.15) is 45.4 Å². The Kier molecular flexibility index (Phi) is 3.92. The third-order valence-electron chi connectivity index (χ3n) is 2.76. The van der Waals surface area contributed by atoms with E-state index in [1.165, 1.54) is 38.5 Å². The van der Waals surface area contributed by atoms with Gasteiger partial charge in [-0.05, 0) is 18.8 Å². The van der Waals surface area contributed by atoms with Gasteiger partial charge in [-0.25, -0.2) is 0 Å². The van der Waals surface area contributed by atoms with Crippen molar-refractivity contribution < 1.29 is 4.74 Å². The van der Waals surface area contributed by atoms with Crippen LogP contribution in [0.25, 0.3) is 0 Å². The Hall–Kier alpha value is -0.0400. The van der Waals surface area contributed by atoms with Crippen molar-refractivity contribution in [3.05, 3.63) is 0 Å². The molecule has 0 aromatic heterocycles. The van der Waals surface area contributed by atoms with Crippen LogP contribution in [0.3, 0.4) is 0 Å². The van der Waals surface area contributed by atoms with E-state index in [0.29, 0.717) is 6.10 Å². The quantitative estimate of drug-likeness (QED) is 0.610. The summed E-state index contributed by atoms with van der Waals surface area (Å²) in [6.45, 7) is 2.27. The number of hydrogen-bond acceptors (Lipinski definition) is 1. The van der Waals surface area contributed by atoms with Gasteiger partial charge in [0.1, 0.15) is 0 Å². The van der Waals surface area contributed by atoms with Gasteiger partial charge in [0, 0.05) is 7.11 Å². The Morgan fingerprint density at radius 2 is 2.18 bits per heavy atom. The van der Waals surface area contributed by atoms with E-state index in [2.05, 4.69) is 6.92 Å². The van der Waals surface area contributed by atoms with E-state index in [1.54, 1.807) is 0 Å². The maximum absolute atomic E-state index is 5.37. The van der Waals surface area contributed by atoms with Gasteiger partial charge in [0.25, 0.3) is 0 Å². The molecular formula is C10H20O. The Labute approximate surface area is 70.1 Å². The van der Waals surface area contributed by atoms with Gasteiger partial charge < -0.3 is 4.74 Å². The zero-order chi connectivity index (χ0) is 8.10. The monoisotopic (exact) mass is 156 g/mol. The second-order valence-corrected chi connectivity index (χ2v) is 3.68. The Morgan fingerprint density at radius 3 is 2.82 bits per heavy atom. The summed E-state index contributed by atoms with van der Waals surface area (Å²) in [7, 11) is 1.85. The first-order valence-corrected chi connectivity index (χ1v) is 4.89. The maximum atomic E-state index is 5.37. The van der Waals surface area contributed by atoms with E-state index < -0.39 is 0 Å². The first-order valence-electron chi connectivity index (χ1n) is 4.89. The molecule has 1 heteroatoms. The average Bonchev–Trinajstić information content (AvgIpc) is 2.06. The normalized spacial score (nSPS) is 32.2. The van der Waals surface area contributed by atoms with Crippen molar-refractivity contribution in [3.8, 4) is 0 Å². The van der Waals surface area contributed by atoms with Crippen LogP contribution >= 0.6 is 0 Å². The topological polar surface area (TPSA) is 9.23 Å². The summed E-state index contributed by atoms with van der Waals surface area (Å²) >= 11 is 0. The van der Waals surface area contributed by atoms with Gasteiger partial charge in [0.2, 0.25) is 0 Å². The molecule has 1 nitrogen and oxygen atoms in total. The Balaban J connectivity index is 2.21. The summed E-state index contributed by atoms with van der Waals surface area (Å²) in [6, 6.07) is 0. The highest BCUT2D eigenvalue weighted by molar-refractivity contribution is 4.72. The van der Waals surface area contributed by atoms with E-state index >= 15 is 0 Å². The van der Waals surface area contributed by atoms with Crippen LogP contribution in [0.15, 0.2) is 0 Å². The summed E-state index contributed by atoms with van der Waals surface area (Å²) in [4.78, 5) is 0. The van der Waals surface area contributed by atoms with E-state index in [4.69, 9.17) is 4.74 Å². The molecule has 0 unspecified atom stereocenters. The Bertz CT molecular complexity index is 99.0. The van der Waals surface area contributed by atoms with Crippen LogP contribution in [-0.2, 0) is 4.74 Å². The fourth-order valence-electron chi connectivity index (χ4n) is 2.13. The van der Waals surface area contributed by atoms with E-state index in [0.717, 1.165) is 5.92 Å². The largest absolute Gasteiger partial charge is 0.381 e. The zero-order valence-corrected chi connectivity index (χ0v) is 7.81. The molecule has 0 radical (unpaired) electrons. The smallest absolute Gasteiger partial charge is 0.0574 e. The standard InChI is InChI=1S/C10H20O/c1-3-5-9-6-4-7-10(8-9)11-2/h9-10H,3-8H2,1-2H3/t9-,10+/m1/s1. The maximum Gasteiger partial charge on any atom is 0.0574 e. The minimum Gasteiger partial charge on any atom is -0.381 e. The summed E-state index contributed by atoms with van der Waals surface area (Å²) in [6.07, 6.45) is 8.72. The second kappa shape index (κ2) is 4.76. The molecule has 0 saturated heterocycles. The van der Waals surface area contributed by atoms with Gasteiger partial charge in [0.15, 0.2) is 0 Å². The summed E-state index contributed by atoms with van der Waals surface area (Å²) in [5.74, 6) is 0.957. The molecule has 0 aromatic rings. The fourth-order valence-corrected chi connectivity index (χ4v) is 2.13. The van der Waals surface area contributed by atoms with Crippen molar-refractivity contribution in [2.45, 2.75) is 51.6 Å². The number of hydrogen-bond donors (Lipinski definition) is 0. The van der Waals surface area contributed by atoms with Crippen molar-refractivity contribution in [3.63, 3.8) is 0 Å². The minimum atomic E-state index is 0.570. The lowest BCUT2D eigenvalue weighted by Crippen LogP contribution is -2.21. The molecule has 0 N–H and O–H groups in total. The van der Waals surface area contributed by atoms with Crippen LogP contribution in [-0.4, -0.2) is 13.2 Å². The third-order valence-corrected chi connectivity index (χ3v) is 2.76. The highest BCUT2D eigenvalue weighted by atomic mass is 16.5. The lowest BCUT2D eigenvalue weighted by molar-refractivity contribution is 0.0489. The van der Waals surface area contributed by atoms with Gasteiger partial charge in [-0.3, -0.25) is 0 Å². The van der Waals surface area contributed by atoms with Gasteiger partial charge in [-0.1, -0.05) is 32.6 Å². The highest BCUT2D eigenvalue weighted by Crippen LogP contribution is 2.28. The molecule has 1 saturated carbocycles. The number of rotatable bonds is 3. The van der Waals surface area contributed by atoms with Crippen LogP contribution in [0, 0.1) is 5.92 Å². The lowest BCUT2D eigenvalue weighted by atomic mass is 9.84. The average molecular weight is 156 g/mol. The molecule has 11 heavy (non-hydrogen) atoms. The van der Waals surface area contributed by atoms with E-state index in [-0.39, 0.29) is 0 Å². The number of ether oxygens (including phenoxy) is 1. The molecule has 0 aliphatic heterocycles. The molecule has 0 spiro atoms. The van der Waals surface area contributed by atoms with Crippen molar-refractivity contribution in [1.29, 1.82) is 0 Å². The molecule has 1 fully saturated rings. The fraction of sp³-hybridized carbons (Fsp3) is 1.00. The summed E-state index contributed by atoms with van der Waals surface area (Å²) < 4.78 is 5.37. The second-order valence-electron chi connectivity index (χ2n) is 3.68. The van der Waals surface area contributed by atoms with Crippen LogP contribution in [0.4, 0.5) is 0 Å². The van der Waals surface area contributed by atoms with Gasteiger partial charge in [-0.15, -0.1) is 0 Å². The molecule has 0 heterocycles. The van der Waals surface area contributed by atoms with Crippen molar-refractivity contribution in [2.24, 2.45) is 5.92 Å². The summed E-state index contributed by atoms with van der Waals surface area (Å²) in [5.41, 5.74) is 0.